The summed E-state index contributed by atoms with van der Waals surface area (Å²) in [7, 11) is 0. The summed E-state index contributed by atoms with van der Waals surface area (Å²) in [6.07, 6.45) is 3.68. The first-order chi connectivity index (χ1) is 11.6. The number of amides is 1. The summed E-state index contributed by atoms with van der Waals surface area (Å²) in [6.45, 7) is 2.58. The van der Waals surface area contributed by atoms with Crippen LogP contribution in [-0.4, -0.2) is 33.7 Å². The number of rotatable bonds is 4. The number of aliphatic hydroxyl groups excluding tert-OH is 1. The largest absolute Gasteiger partial charge is 0.493 e. The van der Waals surface area contributed by atoms with E-state index in [1.165, 1.54) is 5.56 Å². The normalized spacial score (nSPS) is 23.1. The Kier molecular flexibility index (Phi) is 3.76. The Morgan fingerprint density at radius 2 is 2.29 bits per heavy atom. The summed E-state index contributed by atoms with van der Waals surface area (Å²) in [5, 5.41) is 12.8. The molecule has 1 amide bonds. The number of imidazole rings is 1. The van der Waals surface area contributed by atoms with E-state index in [0.29, 0.717) is 25.3 Å². The number of ether oxygens (including phenoxy) is 1. The van der Waals surface area contributed by atoms with Crippen molar-refractivity contribution in [2.75, 3.05) is 6.61 Å². The van der Waals surface area contributed by atoms with Crippen LogP contribution >= 0.6 is 0 Å². The molecule has 0 radical (unpaired) electrons. The Bertz CT molecular complexity index is 765. The highest BCUT2D eigenvalue weighted by Gasteiger charge is 2.36. The number of hydrogen-bond acceptors (Lipinski definition) is 4. The summed E-state index contributed by atoms with van der Waals surface area (Å²) >= 11 is 0. The zero-order valence-corrected chi connectivity index (χ0v) is 13.6. The van der Waals surface area contributed by atoms with E-state index in [-0.39, 0.29) is 24.0 Å². The molecule has 24 heavy (non-hydrogen) atoms. The zero-order valence-electron chi connectivity index (χ0n) is 13.6. The molecule has 1 atom stereocenters. The highest BCUT2D eigenvalue weighted by molar-refractivity contribution is 5.90. The molecule has 2 aliphatic rings. The second-order valence-corrected chi connectivity index (χ2v) is 6.72. The third-order valence-corrected chi connectivity index (χ3v) is 4.90. The van der Waals surface area contributed by atoms with Crippen molar-refractivity contribution in [1.82, 2.24) is 15.3 Å². The van der Waals surface area contributed by atoms with Crippen LogP contribution in [-0.2, 0) is 6.42 Å². The molecule has 2 aromatic rings. The van der Waals surface area contributed by atoms with Crippen LogP contribution in [0.15, 0.2) is 24.4 Å². The van der Waals surface area contributed by atoms with Gasteiger partial charge in [0, 0.05) is 18.3 Å². The van der Waals surface area contributed by atoms with Crippen LogP contribution in [0.1, 0.15) is 46.3 Å². The molecule has 3 N–H and O–H groups in total. The van der Waals surface area contributed by atoms with Crippen molar-refractivity contribution < 1.29 is 14.6 Å². The molecule has 1 fully saturated rings. The van der Waals surface area contributed by atoms with Crippen LogP contribution in [0.5, 0.6) is 5.75 Å². The minimum Gasteiger partial charge on any atom is -0.493 e. The smallest absolute Gasteiger partial charge is 0.287 e. The summed E-state index contributed by atoms with van der Waals surface area (Å²) in [4.78, 5) is 19.6. The summed E-state index contributed by atoms with van der Waals surface area (Å²) in [5.41, 5.74) is 3.10. The molecule has 1 aliphatic carbocycles. The first-order valence-electron chi connectivity index (χ1n) is 8.36. The number of aromatic amines is 1. The van der Waals surface area contributed by atoms with Gasteiger partial charge in [0.25, 0.3) is 5.91 Å². The zero-order chi connectivity index (χ0) is 16.7. The van der Waals surface area contributed by atoms with E-state index in [1.54, 1.807) is 6.20 Å². The fourth-order valence-electron chi connectivity index (χ4n) is 3.51. The molecule has 1 saturated carbocycles. The number of nitrogens with zero attached hydrogens (tertiary/aromatic N) is 1. The Hall–Kier alpha value is -2.34. The predicted octanol–water partition coefficient (Wildman–Crippen LogP) is 1.90. The molecule has 4 rings (SSSR count). The van der Waals surface area contributed by atoms with E-state index in [9.17, 15) is 9.90 Å². The second kappa shape index (κ2) is 5.94. The van der Waals surface area contributed by atoms with Crippen LogP contribution in [0.3, 0.4) is 0 Å². The quantitative estimate of drug-likeness (QED) is 0.800. The summed E-state index contributed by atoms with van der Waals surface area (Å²) in [6, 6.07) is 5.97. The lowest BCUT2D eigenvalue weighted by molar-refractivity contribution is 0.0234. The molecule has 1 unspecified atom stereocenters. The molecular weight excluding hydrogens is 306 g/mol. The molecule has 1 aliphatic heterocycles. The van der Waals surface area contributed by atoms with Gasteiger partial charge in [-0.25, -0.2) is 4.98 Å². The Balaban J connectivity index is 1.58. The number of aliphatic hydroxyl groups is 1. The minimum absolute atomic E-state index is 0.128. The molecule has 0 saturated heterocycles. The lowest BCUT2D eigenvalue weighted by Crippen LogP contribution is -2.41. The van der Waals surface area contributed by atoms with E-state index in [1.807, 2.05) is 19.1 Å². The number of carbonyl (C=O) groups is 1. The average molecular weight is 327 g/mol. The molecule has 1 aromatic carbocycles. The van der Waals surface area contributed by atoms with E-state index in [0.717, 1.165) is 23.4 Å². The predicted molar refractivity (Wildman–Crippen MR) is 87.9 cm³/mol. The van der Waals surface area contributed by atoms with Gasteiger partial charge < -0.3 is 20.1 Å². The van der Waals surface area contributed by atoms with Crippen LogP contribution in [0.4, 0.5) is 0 Å². The van der Waals surface area contributed by atoms with Crippen molar-refractivity contribution in [2.45, 2.75) is 38.3 Å². The fourth-order valence-corrected chi connectivity index (χ4v) is 3.51. The fraction of sp³-hybridized carbons (Fsp3) is 0.444. The van der Waals surface area contributed by atoms with Crippen molar-refractivity contribution in [3.05, 3.63) is 47.0 Å². The number of nitrogens with one attached hydrogen (secondary N) is 2. The van der Waals surface area contributed by atoms with Crippen molar-refractivity contribution >= 4 is 5.91 Å². The van der Waals surface area contributed by atoms with Gasteiger partial charge in [0.15, 0.2) is 5.82 Å². The number of H-pyrrole nitrogens is 1. The van der Waals surface area contributed by atoms with Gasteiger partial charge in [-0.3, -0.25) is 4.79 Å². The van der Waals surface area contributed by atoms with Gasteiger partial charge in [0.05, 0.1) is 18.8 Å². The van der Waals surface area contributed by atoms with E-state index >= 15 is 0 Å². The van der Waals surface area contributed by atoms with Gasteiger partial charge in [-0.2, -0.15) is 0 Å². The first kappa shape index (κ1) is 15.2. The van der Waals surface area contributed by atoms with Gasteiger partial charge in [-0.15, -0.1) is 0 Å². The number of carbonyl (C=O) groups excluding carboxylic acids is 1. The number of aryl methyl sites for hydroxylation is 1. The van der Waals surface area contributed by atoms with E-state index < -0.39 is 0 Å². The maximum atomic E-state index is 12.5. The van der Waals surface area contributed by atoms with Crippen LogP contribution in [0, 0.1) is 12.8 Å². The molecule has 126 valence electrons. The highest BCUT2D eigenvalue weighted by atomic mass is 16.5. The Morgan fingerprint density at radius 3 is 3.00 bits per heavy atom. The van der Waals surface area contributed by atoms with Gasteiger partial charge in [-0.1, -0.05) is 6.07 Å². The van der Waals surface area contributed by atoms with Crippen LogP contribution in [0.2, 0.25) is 0 Å². The highest BCUT2D eigenvalue weighted by Crippen LogP contribution is 2.39. The average Bonchev–Trinajstić information content (AvgIpc) is 3.17. The monoisotopic (exact) mass is 327 g/mol. The van der Waals surface area contributed by atoms with Crippen LogP contribution in [0.25, 0.3) is 0 Å². The standard InChI is InChI=1S/C18H21N3O3/c1-10-9-19-17(20-10)18(23)21-16(13-7-14(22)8-13)12-2-3-15-11(6-12)4-5-24-15/h2-3,6,9,13-14,16,22H,4-5,7-8H2,1H3,(H,19,20)(H,21,23). The Morgan fingerprint density at radius 1 is 1.46 bits per heavy atom. The maximum Gasteiger partial charge on any atom is 0.287 e. The van der Waals surface area contributed by atoms with Crippen molar-refractivity contribution in [1.29, 1.82) is 0 Å². The third-order valence-electron chi connectivity index (χ3n) is 4.90. The number of fused-ring (bicyclic) bond motifs is 1. The molecule has 6 nitrogen and oxygen atoms in total. The molecule has 0 bridgehead atoms. The van der Waals surface area contributed by atoms with Gasteiger partial charge in [-0.05, 0) is 48.9 Å². The SMILES string of the molecule is Cc1cnc(C(=O)NC(c2ccc3c(c2)CCO3)C2CC(O)C2)[nH]1. The van der Waals surface area contributed by atoms with Gasteiger partial charge in [0.2, 0.25) is 0 Å². The van der Waals surface area contributed by atoms with Gasteiger partial charge >= 0.3 is 0 Å². The first-order valence-corrected chi connectivity index (χ1v) is 8.36. The summed E-state index contributed by atoms with van der Waals surface area (Å²) < 4.78 is 5.56. The van der Waals surface area contributed by atoms with E-state index in [2.05, 4.69) is 21.4 Å². The van der Waals surface area contributed by atoms with Crippen molar-refractivity contribution in [3.8, 4) is 5.75 Å². The third kappa shape index (κ3) is 2.78. The van der Waals surface area contributed by atoms with Gasteiger partial charge in [0.1, 0.15) is 5.75 Å². The van der Waals surface area contributed by atoms with Crippen LogP contribution < -0.4 is 10.1 Å². The molecular formula is C18H21N3O3. The van der Waals surface area contributed by atoms with E-state index in [4.69, 9.17) is 4.74 Å². The van der Waals surface area contributed by atoms with Crippen molar-refractivity contribution in [2.24, 2.45) is 5.92 Å². The second-order valence-electron chi connectivity index (χ2n) is 6.72. The van der Waals surface area contributed by atoms with Crippen molar-refractivity contribution in [3.63, 3.8) is 0 Å². The lowest BCUT2D eigenvalue weighted by atomic mass is 9.75. The Labute approximate surface area is 140 Å². The molecule has 2 heterocycles. The minimum atomic E-state index is -0.266. The topological polar surface area (TPSA) is 87.2 Å². The lowest BCUT2D eigenvalue weighted by Gasteiger charge is -2.38. The number of benzene rings is 1. The molecule has 0 spiro atoms. The molecule has 1 aromatic heterocycles. The summed E-state index contributed by atoms with van der Waals surface area (Å²) in [5.74, 6) is 1.27. The number of aromatic nitrogens is 2. The maximum absolute atomic E-state index is 12.5. The number of hydrogen-bond donors (Lipinski definition) is 3. The molecule has 6 heteroatoms.